The van der Waals surface area contributed by atoms with Crippen LogP contribution in [-0.4, -0.2) is 29.4 Å². The number of carbonyl (C=O) groups excluding carboxylic acids is 1. The first-order valence-corrected chi connectivity index (χ1v) is 6.16. The number of thiazole rings is 1. The van der Waals surface area contributed by atoms with Crippen LogP contribution in [0.4, 0.5) is 0 Å². The zero-order valence-corrected chi connectivity index (χ0v) is 11.0. The predicted octanol–water partition coefficient (Wildman–Crippen LogP) is 2.08. The Labute approximate surface area is 105 Å². The van der Waals surface area contributed by atoms with Gasteiger partial charge in [0.25, 0.3) is 0 Å². The number of nitriles is 1. The average Bonchev–Trinajstić information content (AvgIpc) is 2.71. The molecule has 0 N–H and O–H groups in total. The Morgan fingerprint density at radius 3 is 3.00 bits per heavy atom. The second kappa shape index (κ2) is 6.16. The van der Waals surface area contributed by atoms with Crippen molar-refractivity contribution in [1.29, 1.82) is 5.26 Å². The second-order valence-electron chi connectivity index (χ2n) is 3.87. The molecule has 0 bridgehead atoms. The zero-order chi connectivity index (χ0) is 12.8. The molecule has 0 aliphatic carbocycles. The fourth-order valence-corrected chi connectivity index (χ4v) is 1.86. The summed E-state index contributed by atoms with van der Waals surface area (Å²) in [5.41, 5.74) is 0.794. The standard InChI is InChI=1S/C12H15N3OS/c1-9(6-13)7-15(3)12(16)5-4-11-8-17-10(2)14-11/h4-5,8-9H,7H2,1-3H3/b5-4-/t9-/m0/s1. The van der Waals surface area contributed by atoms with Gasteiger partial charge < -0.3 is 4.90 Å². The Kier molecular flexibility index (Phi) is 4.85. The van der Waals surface area contributed by atoms with Crippen LogP contribution in [0.1, 0.15) is 17.6 Å². The third kappa shape index (κ3) is 4.37. The van der Waals surface area contributed by atoms with Gasteiger partial charge in [-0.1, -0.05) is 0 Å². The molecule has 0 aliphatic heterocycles. The highest BCUT2D eigenvalue weighted by molar-refractivity contribution is 7.09. The van der Waals surface area contributed by atoms with Crippen LogP contribution in [0.5, 0.6) is 0 Å². The highest BCUT2D eigenvalue weighted by Crippen LogP contribution is 2.09. The Morgan fingerprint density at radius 1 is 1.76 bits per heavy atom. The maximum Gasteiger partial charge on any atom is 0.246 e. The van der Waals surface area contributed by atoms with Crippen molar-refractivity contribution in [3.63, 3.8) is 0 Å². The summed E-state index contributed by atoms with van der Waals surface area (Å²) in [6, 6.07) is 2.10. The molecular weight excluding hydrogens is 234 g/mol. The average molecular weight is 249 g/mol. The number of hydrogen-bond acceptors (Lipinski definition) is 4. The summed E-state index contributed by atoms with van der Waals surface area (Å²) in [5, 5.41) is 11.5. The molecule has 0 saturated heterocycles. The van der Waals surface area contributed by atoms with Gasteiger partial charge in [-0.2, -0.15) is 5.26 Å². The lowest BCUT2D eigenvalue weighted by molar-refractivity contribution is -0.125. The first-order chi connectivity index (χ1) is 8.02. The van der Waals surface area contributed by atoms with E-state index in [-0.39, 0.29) is 11.8 Å². The van der Waals surface area contributed by atoms with Crippen molar-refractivity contribution in [1.82, 2.24) is 9.88 Å². The number of amides is 1. The molecular formula is C12H15N3OS. The lowest BCUT2D eigenvalue weighted by Crippen LogP contribution is -2.29. The molecule has 1 aromatic heterocycles. The summed E-state index contributed by atoms with van der Waals surface area (Å²) in [6.07, 6.45) is 3.18. The molecule has 4 nitrogen and oxygen atoms in total. The molecule has 1 rings (SSSR count). The number of hydrogen-bond donors (Lipinski definition) is 0. The molecule has 0 saturated carbocycles. The summed E-state index contributed by atoms with van der Waals surface area (Å²) < 4.78 is 0. The van der Waals surface area contributed by atoms with Crippen molar-refractivity contribution in [2.24, 2.45) is 5.92 Å². The van der Waals surface area contributed by atoms with Gasteiger partial charge in [0, 0.05) is 25.0 Å². The lowest BCUT2D eigenvalue weighted by Gasteiger charge is -2.15. The summed E-state index contributed by atoms with van der Waals surface area (Å²) in [7, 11) is 1.69. The van der Waals surface area contributed by atoms with Crippen molar-refractivity contribution >= 4 is 23.3 Å². The SMILES string of the molecule is Cc1nc(/C=C\C(=O)N(C)C[C@@H](C)C#N)cs1. The minimum atomic E-state index is -0.154. The van der Waals surface area contributed by atoms with Crippen LogP contribution in [0.2, 0.25) is 0 Å². The molecule has 17 heavy (non-hydrogen) atoms. The molecule has 0 spiro atoms. The van der Waals surface area contributed by atoms with E-state index in [1.807, 2.05) is 12.3 Å². The van der Waals surface area contributed by atoms with Gasteiger partial charge in [0.1, 0.15) is 0 Å². The molecule has 5 heteroatoms. The molecule has 0 unspecified atom stereocenters. The van der Waals surface area contributed by atoms with Crippen LogP contribution in [0.3, 0.4) is 0 Å². The van der Waals surface area contributed by atoms with Crippen LogP contribution < -0.4 is 0 Å². The largest absolute Gasteiger partial charge is 0.341 e. The minimum Gasteiger partial charge on any atom is -0.341 e. The summed E-state index contributed by atoms with van der Waals surface area (Å²) in [6.45, 7) is 4.15. The highest BCUT2D eigenvalue weighted by atomic mass is 32.1. The molecule has 0 aliphatic rings. The van der Waals surface area contributed by atoms with E-state index in [0.717, 1.165) is 10.7 Å². The van der Waals surface area contributed by atoms with Crippen molar-refractivity contribution < 1.29 is 4.79 Å². The third-order valence-corrected chi connectivity index (χ3v) is 2.97. The topological polar surface area (TPSA) is 57.0 Å². The van der Waals surface area contributed by atoms with Gasteiger partial charge in [-0.05, 0) is 19.9 Å². The van der Waals surface area contributed by atoms with Gasteiger partial charge in [-0.3, -0.25) is 4.79 Å². The molecule has 0 fully saturated rings. The van der Waals surface area contributed by atoms with Crippen LogP contribution in [0, 0.1) is 24.2 Å². The van der Waals surface area contributed by atoms with Gasteiger partial charge in [0.2, 0.25) is 5.91 Å². The molecule has 1 heterocycles. The van der Waals surface area contributed by atoms with Gasteiger partial charge in [-0.25, -0.2) is 4.98 Å². The normalized spacial score (nSPS) is 12.4. The van der Waals surface area contributed by atoms with Crippen LogP contribution in [0.25, 0.3) is 6.08 Å². The molecule has 0 aromatic carbocycles. The Bertz CT molecular complexity index is 459. The number of likely N-dealkylation sites (N-methyl/N-ethyl adjacent to an activating group) is 1. The predicted molar refractivity (Wildman–Crippen MR) is 68.3 cm³/mol. The monoisotopic (exact) mass is 249 g/mol. The van der Waals surface area contributed by atoms with Crippen LogP contribution in [0.15, 0.2) is 11.5 Å². The van der Waals surface area contributed by atoms with Crippen molar-refractivity contribution in [3.8, 4) is 6.07 Å². The molecule has 90 valence electrons. The lowest BCUT2D eigenvalue weighted by atomic mass is 10.2. The van der Waals surface area contributed by atoms with E-state index < -0.39 is 0 Å². The third-order valence-electron chi connectivity index (χ3n) is 2.18. The highest BCUT2D eigenvalue weighted by Gasteiger charge is 2.09. The van der Waals surface area contributed by atoms with Gasteiger partial charge in [0.05, 0.1) is 22.7 Å². The maximum absolute atomic E-state index is 11.7. The van der Waals surface area contributed by atoms with Gasteiger partial charge >= 0.3 is 0 Å². The number of nitrogens with zero attached hydrogens (tertiary/aromatic N) is 3. The van der Waals surface area contributed by atoms with Gasteiger partial charge in [0.15, 0.2) is 0 Å². The second-order valence-corrected chi connectivity index (χ2v) is 4.94. The van der Waals surface area contributed by atoms with E-state index in [0.29, 0.717) is 6.54 Å². The van der Waals surface area contributed by atoms with Gasteiger partial charge in [-0.15, -0.1) is 11.3 Å². The fraction of sp³-hybridized carbons (Fsp3) is 0.417. The first kappa shape index (κ1) is 13.4. The summed E-state index contributed by atoms with van der Waals surface area (Å²) in [5.74, 6) is -0.267. The van der Waals surface area contributed by atoms with E-state index >= 15 is 0 Å². The van der Waals surface area contributed by atoms with Crippen LogP contribution >= 0.6 is 11.3 Å². The molecule has 1 atom stereocenters. The molecule has 1 aromatic rings. The van der Waals surface area contributed by atoms with Crippen molar-refractivity contribution in [2.75, 3.05) is 13.6 Å². The Balaban J connectivity index is 2.54. The van der Waals surface area contributed by atoms with E-state index in [1.165, 1.54) is 11.0 Å². The van der Waals surface area contributed by atoms with E-state index in [9.17, 15) is 4.79 Å². The van der Waals surface area contributed by atoms with E-state index in [4.69, 9.17) is 5.26 Å². The summed E-state index contributed by atoms with van der Waals surface area (Å²) in [4.78, 5) is 17.4. The van der Waals surface area contributed by atoms with E-state index in [2.05, 4.69) is 11.1 Å². The minimum absolute atomic E-state index is 0.113. The Hall–Kier alpha value is -1.67. The van der Waals surface area contributed by atoms with Crippen molar-refractivity contribution in [3.05, 3.63) is 22.2 Å². The molecule has 0 radical (unpaired) electrons. The maximum atomic E-state index is 11.7. The molecule has 1 amide bonds. The quantitative estimate of drug-likeness (QED) is 0.768. The summed E-state index contributed by atoms with van der Waals surface area (Å²) >= 11 is 1.55. The number of rotatable bonds is 4. The van der Waals surface area contributed by atoms with Crippen LogP contribution in [-0.2, 0) is 4.79 Å². The number of aromatic nitrogens is 1. The van der Waals surface area contributed by atoms with E-state index in [1.54, 1.807) is 31.4 Å². The smallest absolute Gasteiger partial charge is 0.246 e. The zero-order valence-electron chi connectivity index (χ0n) is 10.2. The van der Waals surface area contributed by atoms with Crippen molar-refractivity contribution in [2.45, 2.75) is 13.8 Å². The Morgan fingerprint density at radius 2 is 2.47 bits per heavy atom. The number of carbonyl (C=O) groups is 1. The number of aryl methyl sites for hydroxylation is 1. The first-order valence-electron chi connectivity index (χ1n) is 5.28. The fourth-order valence-electron chi connectivity index (χ4n) is 1.28.